The van der Waals surface area contributed by atoms with Crippen molar-refractivity contribution in [1.29, 1.82) is 0 Å². The van der Waals surface area contributed by atoms with Crippen LogP contribution in [-0.2, 0) is 4.79 Å². The number of halogens is 2. The number of H-pyrrole nitrogens is 1. The van der Waals surface area contributed by atoms with Gasteiger partial charge in [-0.1, -0.05) is 52.3 Å². The first kappa shape index (κ1) is 21.6. The molecule has 0 radical (unpaired) electrons. The van der Waals surface area contributed by atoms with Crippen molar-refractivity contribution in [3.8, 4) is 11.1 Å². The number of hydrogen-bond donors (Lipinski definition) is 4. The van der Waals surface area contributed by atoms with Gasteiger partial charge in [-0.05, 0) is 36.8 Å². The summed E-state index contributed by atoms with van der Waals surface area (Å²) in [5.41, 5.74) is 3.16. The Balaban J connectivity index is 1.78. The molecule has 3 aromatic carbocycles. The Morgan fingerprint density at radius 1 is 1.03 bits per heavy atom. The molecule has 2 amide bonds. The molecule has 6 nitrogen and oxygen atoms in total. The minimum atomic E-state index is -1.02. The highest BCUT2D eigenvalue weighted by atomic mass is 79.9. The van der Waals surface area contributed by atoms with Gasteiger partial charge in [-0.15, -0.1) is 0 Å². The molecular formula is C24H19BrFN3O3. The normalized spacial score (nSPS) is 11.8. The fourth-order valence-corrected chi connectivity index (χ4v) is 3.91. The minimum Gasteiger partial charge on any atom is -0.481 e. The molecule has 4 aromatic rings. The molecule has 0 fully saturated rings. The molecule has 8 heteroatoms. The summed E-state index contributed by atoms with van der Waals surface area (Å²) in [5.74, 6) is -2.50. The van der Waals surface area contributed by atoms with E-state index in [0.29, 0.717) is 21.3 Å². The van der Waals surface area contributed by atoms with Gasteiger partial charge in [0.15, 0.2) is 0 Å². The number of amides is 2. The number of fused-ring (bicyclic) bond motifs is 1. The summed E-state index contributed by atoms with van der Waals surface area (Å²) in [4.78, 5) is 27.7. The van der Waals surface area contributed by atoms with Crippen molar-refractivity contribution in [1.82, 2.24) is 4.98 Å². The Morgan fingerprint density at radius 2 is 1.81 bits per heavy atom. The smallest absolute Gasteiger partial charge is 0.323 e. The minimum absolute atomic E-state index is 0.00288. The fourth-order valence-electron chi connectivity index (χ4n) is 3.58. The van der Waals surface area contributed by atoms with Gasteiger partial charge in [0.1, 0.15) is 5.82 Å². The summed E-state index contributed by atoms with van der Waals surface area (Å²) < 4.78 is 14.7. The van der Waals surface area contributed by atoms with E-state index < -0.39 is 23.7 Å². The number of aromatic nitrogens is 1. The molecule has 1 heterocycles. The number of anilines is 2. The van der Waals surface area contributed by atoms with Crippen LogP contribution in [0.1, 0.15) is 18.4 Å². The molecule has 0 saturated heterocycles. The Kier molecular flexibility index (Phi) is 5.96. The van der Waals surface area contributed by atoms with Gasteiger partial charge < -0.3 is 20.7 Å². The number of carbonyl (C=O) groups excluding carboxylic acids is 1. The van der Waals surface area contributed by atoms with Crippen molar-refractivity contribution >= 4 is 50.2 Å². The number of aromatic amines is 1. The van der Waals surface area contributed by atoms with Crippen molar-refractivity contribution in [2.75, 3.05) is 10.6 Å². The molecule has 1 aromatic heterocycles. The van der Waals surface area contributed by atoms with E-state index in [4.69, 9.17) is 0 Å². The average molecular weight is 496 g/mol. The zero-order valence-corrected chi connectivity index (χ0v) is 18.5. The van der Waals surface area contributed by atoms with Gasteiger partial charge in [0.25, 0.3) is 0 Å². The monoisotopic (exact) mass is 495 g/mol. The highest BCUT2D eigenvalue weighted by molar-refractivity contribution is 9.10. The Labute approximate surface area is 191 Å². The maximum atomic E-state index is 14.2. The number of urea groups is 1. The summed E-state index contributed by atoms with van der Waals surface area (Å²) in [6, 6.07) is 16.5. The molecule has 0 aliphatic heterocycles. The summed E-state index contributed by atoms with van der Waals surface area (Å²) in [5, 5.41) is 15.8. The number of hydrogen-bond acceptors (Lipinski definition) is 2. The number of aliphatic carboxylic acids is 1. The van der Waals surface area contributed by atoms with Gasteiger partial charge in [0, 0.05) is 32.7 Å². The number of carbonyl (C=O) groups is 2. The van der Waals surface area contributed by atoms with Crippen molar-refractivity contribution in [2.24, 2.45) is 0 Å². The number of rotatable bonds is 5. The van der Waals surface area contributed by atoms with Crippen LogP contribution in [0.5, 0.6) is 0 Å². The van der Waals surface area contributed by atoms with E-state index in [1.54, 1.807) is 25.1 Å². The van der Waals surface area contributed by atoms with E-state index in [2.05, 4.69) is 31.5 Å². The molecular weight excluding hydrogens is 477 g/mol. The van der Waals surface area contributed by atoms with Crippen LogP contribution in [0, 0.1) is 5.82 Å². The first-order chi connectivity index (χ1) is 15.3. The van der Waals surface area contributed by atoms with Crippen molar-refractivity contribution in [2.45, 2.75) is 12.8 Å². The second kappa shape index (κ2) is 8.84. The summed E-state index contributed by atoms with van der Waals surface area (Å²) >= 11 is 3.18. The number of carboxylic acids is 1. The van der Waals surface area contributed by atoms with Gasteiger partial charge in [-0.2, -0.15) is 0 Å². The van der Waals surface area contributed by atoms with E-state index in [1.807, 2.05) is 36.5 Å². The lowest BCUT2D eigenvalue weighted by molar-refractivity contribution is -0.138. The largest absolute Gasteiger partial charge is 0.481 e. The first-order valence-electron chi connectivity index (χ1n) is 9.80. The van der Waals surface area contributed by atoms with Crippen molar-refractivity contribution < 1.29 is 19.1 Å². The first-order valence-corrected chi connectivity index (χ1v) is 10.6. The van der Waals surface area contributed by atoms with Crippen LogP contribution in [0.2, 0.25) is 0 Å². The third-order valence-corrected chi connectivity index (χ3v) is 5.72. The highest BCUT2D eigenvalue weighted by Gasteiger charge is 2.23. The number of nitrogens with one attached hydrogen (secondary N) is 3. The van der Waals surface area contributed by atoms with E-state index >= 15 is 0 Å². The zero-order chi connectivity index (χ0) is 22.8. The number of benzene rings is 3. The summed E-state index contributed by atoms with van der Waals surface area (Å²) in [6.07, 6.45) is 1.81. The Bertz CT molecular complexity index is 1340. The average Bonchev–Trinajstić information content (AvgIpc) is 3.19. The van der Waals surface area contributed by atoms with E-state index in [9.17, 15) is 19.1 Å². The van der Waals surface area contributed by atoms with Crippen LogP contribution in [0.4, 0.5) is 20.6 Å². The molecule has 32 heavy (non-hydrogen) atoms. The van der Waals surface area contributed by atoms with Gasteiger partial charge in [-0.25, -0.2) is 9.18 Å². The molecule has 4 N–H and O–H groups in total. The van der Waals surface area contributed by atoms with E-state index in [1.165, 1.54) is 12.1 Å². The number of carboxylic acid groups (broad SMARTS) is 1. The molecule has 0 aliphatic carbocycles. The maximum absolute atomic E-state index is 14.2. The molecule has 162 valence electrons. The predicted octanol–water partition coefficient (Wildman–Crippen LogP) is 6.57. The topological polar surface area (TPSA) is 94.2 Å². The van der Waals surface area contributed by atoms with Gasteiger partial charge in [0.05, 0.1) is 17.3 Å². The van der Waals surface area contributed by atoms with Gasteiger partial charge in [0.2, 0.25) is 0 Å². The molecule has 0 bridgehead atoms. The SMILES string of the molecule is CC(C(=O)O)c1cccc(-c2c[nH]c3ccccc23)c1NC(=O)Nc1ccc(Br)cc1F. The number of para-hydroxylation sites is 2. The van der Waals surface area contributed by atoms with Gasteiger partial charge >= 0.3 is 12.0 Å². The quantitative estimate of drug-likeness (QED) is 0.252. The third kappa shape index (κ3) is 4.22. The molecule has 0 saturated carbocycles. The van der Waals surface area contributed by atoms with Gasteiger partial charge in [-0.3, -0.25) is 4.79 Å². The highest BCUT2D eigenvalue weighted by Crippen LogP contribution is 2.38. The molecule has 0 spiro atoms. The lowest BCUT2D eigenvalue weighted by Gasteiger charge is -2.19. The van der Waals surface area contributed by atoms with Crippen LogP contribution < -0.4 is 10.6 Å². The molecule has 1 atom stereocenters. The van der Waals surface area contributed by atoms with Crippen LogP contribution in [0.25, 0.3) is 22.0 Å². The standard InChI is InChI=1S/C24H19BrFN3O3/c1-13(23(30)31)15-6-4-7-17(18-12-27-20-8-3-2-5-16(18)20)22(15)29-24(32)28-21-10-9-14(25)11-19(21)26/h2-13,27H,1H3,(H,30,31)(H2,28,29,32). The van der Waals surface area contributed by atoms with Crippen molar-refractivity contribution in [3.63, 3.8) is 0 Å². The second-order valence-corrected chi connectivity index (χ2v) is 8.20. The van der Waals surface area contributed by atoms with Crippen LogP contribution in [0.3, 0.4) is 0 Å². The summed E-state index contributed by atoms with van der Waals surface area (Å²) in [7, 11) is 0. The fraction of sp³-hybridized carbons (Fsp3) is 0.0833. The van der Waals surface area contributed by atoms with Crippen molar-refractivity contribution in [3.05, 3.63) is 82.7 Å². The lowest BCUT2D eigenvalue weighted by atomic mass is 9.93. The van der Waals surface area contributed by atoms with Crippen LogP contribution in [-0.4, -0.2) is 22.1 Å². The lowest BCUT2D eigenvalue weighted by Crippen LogP contribution is -2.22. The van der Waals surface area contributed by atoms with E-state index in [0.717, 1.165) is 16.5 Å². The molecule has 0 aliphatic rings. The summed E-state index contributed by atoms with van der Waals surface area (Å²) in [6.45, 7) is 1.55. The Hall–Kier alpha value is -3.65. The molecule has 1 unspecified atom stereocenters. The Morgan fingerprint density at radius 3 is 2.56 bits per heavy atom. The van der Waals surface area contributed by atoms with Crippen LogP contribution >= 0.6 is 15.9 Å². The zero-order valence-electron chi connectivity index (χ0n) is 16.9. The maximum Gasteiger partial charge on any atom is 0.323 e. The van der Waals surface area contributed by atoms with Crippen LogP contribution in [0.15, 0.2) is 71.3 Å². The second-order valence-electron chi connectivity index (χ2n) is 7.28. The predicted molar refractivity (Wildman–Crippen MR) is 127 cm³/mol. The van der Waals surface area contributed by atoms with E-state index in [-0.39, 0.29) is 5.69 Å². The third-order valence-electron chi connectivity index (χ3n) is 5.23. The molecule has 4 rings (SSSR count).